The minimum absolute atomic E-state index is 0.0465. The van der Waals surface area contributed by atoms with Gasteiger partial charge in [-0.05, 0) is 36.4 Å². The number of hydrogen-bond acceptors (Lipinski definition) is 7. The maximum atomic E-state index is 13.1. The van der Waals surface area contributed by atoms with Crippen molar-refractivity contribution in [2.75, 3.05) is 23.7 Å². The van der Waals surface area contributed by atoms with Crippen molar-refractivity contribution >= 4 is 54.0 Å². The third-order valence-electron chi connectivity index (χ3n) is 4.80. The number of furan rings is 1. The van der Waals surface area contributed by atoms with Crippen LogP contribution in [0.2, 0.25) is 5.02 Å². The van der Waals surface area contributed by atoms with Gasteiger partial charge in [0.05, 0.1) is 25.6 Å². The van der Waals surface area contributed by atoms with Crippen LogP contribution in [0.5, 0.6) is 11.5 Å². The van der Waals surface area contributed by atoms with Crippen LogP contribution in [-0.4, -0.2) is 31.1 Å². The van der Waals surface area contributed by atoms with Crippen molar-refractivity contribution in [3.8, 4) is 11.5 Å². The van der Waals surface area contributed by atoms with Crippen molar-refractivity contribution in [2.24, 2.45) is 0 Å². The van der Waals surface area contributed by atoms with Crippen LogP contribution in [0.3, 0.4) is 0 Å². The molecule has 3 aromatic carbocycles. The second-order valence-electron chi connectivity index (χ2n) is 7.02. The van der Waals surface area contributed by atoms with Gasteiger partial charge in [0.25, 0.3) is 20.0 Å². The lowest BCUT2D eigenvalue weighted by atomic mass is 10.3. The highest BCUT2D eigenvalue weighted by molar-refractivity contribution is 7.93. The summed E-state index contributed by atoms with van der Waals surface area (Å²) in [6.45, 7) is 0. The molecule has 0 unspecified atom stereocenters. The van der Waals surface area contributed by atoms with Crippen LogP contribution < -0.4 is 18.9 Å². The van der Waals surface area contributed by atoms with Crippen molar-refractivity contribution in [3.63, 3.8) is 0 Å². The summed E-state index contributed by atoms with van der Waals surface area (Å²) in [4.78, 5) is -0.170. The normalized spacial score (nSPS) is 11.9. The maximum absolute atomic E-state index is 13.1. The largest absolute Gasteiger partial charge is 0.497 e. The van der Waals surface area contributed by atoms with Gasteiger partial charge in [0.15, 0.2) is 0 Å². The van der Waals surface area contributed by atoms with E-state index in [4.69, 9.17) is 25.5 Å². The van der Waals surface area contributed by atoms with Crippen molar-refractivity contribution in [3.05, 3.63) is 71.8 Å². The Kier molecular flexibility index (Phi) is 6.34. The van der Waals surface area contributed by atoms with Crippen molar-refractivity contribution in [2.45, 2.75) is 9.99 Å². The quantitative estimate of drug-likeness (QED) is 0.343. The molecule has 1 heterocycles. The molecule has 0 amide bonds. The summed E-state index contributed by atoms with van der Waals surface area (Å²) in [5, 5.41) is 0.452. The highest BCUT2D eigenvalue weighted by Gasteiger charge is 2.25. The predicted octanol–water partition coefficient (Wildman–Crippen LogP) is 4.71. The minimum Gasteiger partial charge on any atom is -0.497 e. The summed E-state index contributed by atoms with van der Waals surface area (Å²) in [5.41, 5.74) is 0.243. The molecule has 0 saturated carbocycles. The highest BCUT2D eigenvalue weighted by Crippen LogP contribution is 2.34. The number of hydrogen-bond donors (Lipinski definition) is 2. The van der Waals surface area contributed by atoms with Gasteiger partial charge in [-0.15, -0.1) is 0 Å². The van der Waals surface area contributed by atoms with Gasteiger partial charge in [-0.25, -0.2) is 8.42 Å². The van der Waals surface area contributed by atoms with Gasteiger partial charge < -0.3 is 13.9 Å². The molecule has 4 aromatic rings. The predicted molar refractivity (Wildman–Crippen MR) is 129 cm³/mol. The average Bonchev–Trinajstić information content (AvgIpc) is 3.25. The van der Waals surface area contributed by atoms with E-state index in [1.807, 2.05) is 0 Å². The van der Waals surface area contributed by atoms with Crippen LogP contribution in [0.4, 0.5) is 11.4 Å². The topological polar surface area (TPSA) is 124 Å². The Morgan fingerprint density at radius 3 is 2.24 bits per heavy atom. The molecule has 0 fully saturated rings. The van der Waals surface area contributed by atoms with Crippen LogP contribution in [0.15, 0.2) is 81.1 Å². The zero-order valence-corrected chi connectivity index (χ0v) is 20.3. The number of rotatable bonds is 8. The first-order valence-electron chi connectivity index (χ1n) is 9.69. The fourth-order valence-corrected chi connectivity index (χ4v) is 5.62. The van der Waals surface area contributed by atoms with Crippen LogP contribution in [0, 0.1) is 0 Å². The van der Waals surface area contributed by atoms with Gasteiger partial charge >= 0.3 is 0 Å². The van der Waals surface area contributed by atoms with Gasteiger partial charge in [-0.1, -0.05) is 29.8 Å². The Labute approximate surface area is 201 Å². The number of anilines is 2. The zero-order chi connectivity index (χ0) is 24.5. The summed E-state index contributed by atoms with van der Waals surface area (Å²) in [5.74, 6) is 0.451. The van der Waals surface area contributed by atoms with Crippen molar-refractivity contribution < 1.29 is 30.7 Å². The van der Waals surface area contributed by atoms with Crippen molar-refractivity contribution in [1.29, 1.82) is 0 Å². The SMILES string of the molecule is COc1ccc(S(=O)(=O)Nc2ccc(Cl)cc2NS(=O)(=O)c2cc3ccccc3o2)c(OC)c1. The Morgan fingerprint density at radius 1 is 0.794 bits per heavy atom. The molecular weight excluding hydrogens is 504 g/mol. The Bertz CT molecular complexity index is 1550. The monoisotopic (exact) mass is 522 g/mol. The molecule has 12 heteroatoms. The molecule has 0 aliphatic rings. The highest BCUT2D eigenvalue weighted by atomic mass is 35.5. The number of halogens is 1. The first kappa shape index (κ1) is 23.7. The average molecular weight is 523 g/mol. The van der Waals surface area contributed by atoms with Gasteiger partial charge in [-0.3, -0.25) is 9.44 Å². The Hall–Kier alpha value is -3.41. The smallest absolute Gasteiger partial charge is 0.295 e. The van der Waals surface area contributed by atoms with E-state index in [0.29, 0.717) is 16.7 Å². The fraction of sp³-hybridized carbons (Fsp3) is 0.0909. The molecule has 34 heavy (non-hydrogen) atoms. The van der Waals surface area contributed by atoms with E-state index in [1.165, 1.54) is 56.7 Å². The van der Waals surface area contributed by atoms with Crippen LogP contribution >= 0.6 is 11.6 Å². The first-order chi connectivity index (χ1) is 16.1. The number of fused-ring (bicyclic) bond motifs is 1. The summed E-state index contributed by atoms with van der Waals surface area (Å²) < 4.78 is 72.6. The van der Waals surface area contributed by atoms with E-state index in [9.17, 15) is 16.8 Å². The molecule has 4 rings (SSSR count). The van der Waals surface area contributed by atoms with E-state index < -0.39 is 20.0 Å². The van der Waals surface area contributed by atoms with E-state index in [2.05, 4.69) is 9.44 Å². The number of benzene rings is 3. The molecule has 0 spiro atoms. The molecule has 0 aliphatic carbocycles. The molecule has 9 nitrogen and oxygen atoms in total. The van der Waals surface area contributed by atoms with E-state index in [0.717, 1.165) is 0 Å². The summed E-state index contributed by atoms with van der Waals surface area (Å²) in [6, 6.07) is 16.4. The number of nitrogens with one attached hydrogen (secondary N) is 2. The van der Waals surface area contributed by atoms with Gasteiger partial charge in [0, 0.05) is 22.5 Å². The molecule has 178 valence electrons. The van der Waals surface area contributed by atoms with E-state index in [-0.39, 0.29) is 32.1 Å². The molecular formula is C22H19ClN2O7S2. The van der Waals surface area contributed by atoms with Crippen LogP contribution in [0.25, 0.3) is 11.0 Å². The molecule has 0 radical (unpaired) electrons. The Balaban J connectivity index is 1.70. The molecule has 0 saturated heterocycles. The molecule has 0 bridgehead atoms. The van der Waals surface area contributed by atoms with Gasteiger partial charge in [0.1, 0.15) is 22.0 Å². The molecule has 0 aliphatic heterocycles. The minimum atomic E-state index is -4.21. The molecule has 0 atom stereocenters. The number of sulfonamides is 2. The standard InChI is InChI=1S/C22H19ClN2O7S2/c1-30-16-8-10-21(20(13-16)31-2)33(26,27)24-17-9-7-15(23)12-18(17)25-34(28,29)22-11-14-5-3-4-6-19(14)32-22/h3-13,24-25H,1-2H3. The Morgan fingerprint density at radius 2 is 1.53 bits per heavy atom. The van der Waals surface area contributed by atoms with Gasteiger partial charge in [-0.2, -0.15) is 8.42 Å². The number of ether oxygens (including phenoxy) is 2. The fourth-order valence-electron chi connectivity index (χ4n) is 3.17. The molecule has 2 N–H and O–H groups in total. The lowest BCUT2D eigenvalue weighted by Crippen LogP contribution is -2.18. The maximum Gasteiger partial charge on any atom is 0.295 e. The number of para-hydroxylation sites is 1. The second kappa shape index (κ2) is 9.09. The lowest BCUT2D eigenvalue weighted by Gasteiger charge is -2.16. The first-order valence-corrected chi connectivity index (χ1v) is 13.0. The lowest BCUT2D eigenvalue weighted by molar-refractivity contribution is 0.386. The second-order valence-corrected chi connectivity index (χ2v) is 10.7. The van der Waals surface area contributed by atoms with Crippen LogP contribution in [0.1, 0.15) is 0 Å². The van der Waals surface area contributed by atoms with E-state index in [1.54, 1.807) is 24.3 Å². The third-order valence-corrected chi connectivity index (χ3v) is 7.66. The summed E-state index contributed by atoms with van der Waals surface area (Å²) in [7, 11) is -5.63. The third kappa shape index (κ3) is 4.76. The van der Waals surface area contributed by atoms with Gasteiger partial charge in [0.2, 0.25) is 5.09 Å². The number of methoxy groups -OCH3 is 2. The summed E-state index contributed by atoms with van der Waals surface area (Å²) >= 11 is 6.06. The van der Waals surface area contributed by atoms with Crippen LogP contribution in [-0.2, 0) is 20.0 Å². The van der Waals surface area contributed by atoms with E-state index >= 15 is 0 Å². The van der Waals surface area contributed by atoms with Crippen molar-refractivity contribution in [1.82, 2.24) is 0 Å². The molecule has 1 aromatic heterocycles. The zero-order valence-electron chi connectivity index (χ0n) is 17.9. The summed E-state index contributed by atoms with van der Waals surface area (Å²) in [6.07, 6.45) is 0.